The third-order valence-electron chi connectivity index (χ3n) is 2.94. The maximum atomic E-state index is 11.6. The Morgan fingerprint density at radius 1 is 1.47 bits per heavy atom. The predicted octanol–water partition coefficient (Wildman–Crippen LogP) is 1.31. The Balaban J connectivity index is 2.11. The van der Waals surface area contributed by atoms with E-state index < -0.39 is 17.9 Å². The van der Waals surface area contributed by atoms with E-state index in [-0.39, 0.29) is 6.04 Å². The first kappa shape index (κ1) is 13.1. The molecule has 1 aliphatic rings. The first-order valence-corrected chi connectivity index (χ1v) is 5.83. The molecule has 0 radical (unpaired) electrons. The molecule has 6 nitrogen and oxygen atoms in total. The number of esters is 1. The number of carboxylic acid groups (broad SMARTS) is 1. The van der Waals surface area contributed by atoms with Crippen molar-refractivity contribution in [2.24, 2.45) is 5.92 Å². The molecule has 0 amide bonds. The van der Waals surface area contributed by atoms with Crippen molar-refractivity contribution < 1.29 is 19.4 Å². The van der Waals surface area contributed by atoms with Gasteiger partial charge in [-0.2, -0.15) is 0 Å². The van der Waals surface area contributed by atoms with Crippen molar-refractivity contribution in [1.29, 1.82) is 0 Å². The van der Waals surface area contributed by atoms with Crippen LogP contribution in [0.2, 0.25) is 0 Å². The average Bonchev–Trinajstić information content (AvgIpc) is 2.87. The number of carboxylic acids is 1. The van der Waals surface area contributed by atoms with Crippen LogP contribution < -0.4 is 5.32 Å². The van der Waals surface area contributed by atoms with Crippen LogP contribution in [0.1, 0.15) is 16.8 Å². The Bertz CT molecular complexity index is 527. The molecule has 0 fully saturated rings. The normalized spacial score (nSPS) is 21.1. The highest BCUT2D eigenvalue weighted by atomic mass is 16.5. The van der Waals surface area contributed by atoms with Gasteiger partial charge >= 0.3 is 11.9 Å². The van der Waals surface area contributed by atoms with Crippen LogP contribution in [0.25, 0.3) is 0 Å². The number of nitrogens with zero attached hydrogens (tertiary/aromatic N) is 1. The Kier molecular flexibility index (Phi) is 3.79. The van der Waals surface area contributed by atoms with Crippen LogP contribution in [-0.4, -0.2) is 35.2 Å². The van der Waals surface area contributed by atoms with Crippen LogP contribution in [0.5, 0.6) is 0 Å². The number of nitrogens with one attached hydrogen (secondary N) is 1. The molecule has 1 heterocycles. The fourth-order valence-electron chi connectivity index (χ4n) is 1.96. The molecule has 0 saturated heterocycles. The fraction of sp³-hybridized carbons (Fsp3) is 0.308. The second-order valence-corrected chi connectivity index (χ2v) is 4.21. The van der Waals surface area contributed by atoms with Crippen LogP contribution >= 0.6 is 0 Å². The van der Waals surface area contributed by atoms with Crippen LogP contribution in [-0.2, 0) is 9.53 Å². The molecule has 0 saturated carbocycles. The molecule has 0 aliphatic heterocycles. The molecule has 1 aliphatic carbocycles. The largest absolute Gasteiger partial charge is 0.481 e. The van der Waals surface area contributed by atoms with E-state index in [1.54, 1.807) is 30.5 Å². The summed E-state index contributed by atoms with van der Waals surface area (Å²) >= 11 is 0. The first-order chi connectivity index (χ1) is 9.11. The number of aliphatic carboxylic acids is 1. The lowest BCUT2D eigenvalue weighted by Gasteiger charge is -2.14. The van der Waals surface area contributed by atoms with Crippen LogP contribution in [0.15, 0.2) is 30.5 Å². The maximum absolute atomic E-state index is 11.6. The van der Waals surface area contributed by atoms with Gasteiger partial charge in [-0.3, -0.25) is 4.79 Å². The molecular formula is C13H14N2O4. The Morgan fingerprint density at radius 3 is 2.89 bits per heavy atom. The van der Waals surface area contributed by atoms with E-state index in [2.05, 4.69) is 15.0 Å². The van der Waals surface area contributed by atoms with Crippen molar-refractivity contribution in [2.45, 2.75) is 12.5 Å². The van der Waals surface area contributed by atoms with Gasteiger partial charge in [0, 0.05) is 12.2 Å². The summed E-state index contributed by atoms with van der Waals surface area (Å²) < 4.78 is 4.67. The zero-order valence-electron chi connectivity index (χ0n) is 10.4. The van der Waals surface area contributed by atoms with E-state index in [1.165, 1.54) is 7.11 Å². The van der Waals surface area contributed by atoms with Gasteiger partial charge in [0.05, 0.1) is 13.0 Å². The van der Waals surface area contributed by atoms with Gasteiger partial charge in [0.1, 0.15) is 11.4 Å². The lowest BCUT2D eigenvalue weighted by molar-refractivity contribution is -0.140. The standard InChI is InChI=1S/C13H14N2O4/c1-19-13(18)10-3-2-6-14-11(10)15-9-5-4-8(7-9)12(16)17/h2-6,8-9H,7H2,1H3,(H,14,15)(H,16,17). The van der Waals surface area contributed by atoms with Crippen LogP contribution in [0.4, 0.5) is 5.82 Å². The van der Waals surface area contributed by atoms with Crippen molar-refractivity contribution >= 4 is 17.8 Å². The Morgan fingerprint density at radius 2 is 2.26 bits per heavy atom. The SMILES string of the molecule is COC(=O)c1cccnc1NC1C=CC(C(=O)O)C1. The van der Waals surface area contributed by atoms with Gasteiger partial charge in [0.2, 0.25) is 0 Å². The summed E-state index contributed by atoms with van der Waals surface area (Å²) in [6, 6.07) is 3.09. The predicted molar refractivity (Wildman–Crippen MR) is 67.9 cm³/mol. The van der Waals surface area contributed by atoms with Gasteiger partial charge in [-0.1, -0.05) is 12.2 Å². The third-order valence-corrected chi connectivity index (χ3v) is 2.94. The second-order valence-electron chi connectivity index (χ2n) is 4.21. The number of anilines is 1. The molecule has 19 heavy (non-hydrogen) atoms. The molecule has 1 aromatic heterocycles. The van der Waals surface area contributed by atoms with E-state index in [1.807, 2.05) is 0 Å². The number of rotatable bonds is 4. The number of aromatic nitrogens is 1. The third kappa shape index (κ3) is 2.90. The molecule has 6 heteroatoms. The summed E-state index contributed by atoms with van der Waals surface area (Å²) in [7, 11) is 1.30. The summed E-state index contributed by atoms with van der Waals surface area (Å²) in [5.74, 6) is -1.43. The number of ether oxygens (including phenoxy) is 1. The van der Waals surface area contributed by atoms with E-state index in [9.17, 15) is 9.59 Å². The molecular weight excluding hydrogens is 248 g/mol. The number of hydrogen-bond acceptors (Lipinski definition) is 5. The highest BCUT2D eigenvalue weighted by Gasteiger charge is 2.25. The lowest BCUT2D eigenvalue weighted by Crippen LogP contribution is -2.21. The van der Waals surface area contributed by atoms with Gasteiger partial charge in [0.25, 0.3) is 0 Å². The molecule has 0 aromatic carbocycles. The van der Waals surface area contributed by atoms with Crippen molar-refractivity contribution in [1.82, 2.24) is 4.98 Å². The zero-order chi connectivity index (χ0) is 13.8. The van der Waals surface area contributed by atoms with Crippen LogP contribution in [0.3, 0.4) is 0 Å². The number of pyridine rings is 1. The minimum absolute atomic E-state index is 0.153. The average molecular weight is 262 g/mol. The van der Waals surface area contributed by atoms with Gasteiger partial charge in [-0.15, -0.1) is 0 Å². The van der Waals surface area contributed by atoms with Gasteiger partial charge in [-0.25, -0.2) is 9.78 Å². The molecule has 2 rings (SSSR count). The van der Waals surface area contributed by atoms with Gasteiger partial charge < -0.3 is 15.2 Å². The molecule has 2 N–H and O–H groups in total. The number of carbonyl (C=O) groups is 2. The molecule has 2 atom stereocenters. The minimum Gasteiger partial charge on any atom is -0.481 e. The number of carbonyl (C=O) groups excluding carboxylic acids is 1. The highest BCUT2D eigenvalue weighted by Crippen LogP contribution is 2.22. The first-order valence-electron chi connectivity index (χ1n) is 5.83. The van der Waals surface area contributed by atoms with Crippen molar-refractivity contribution in [3.05, 3.63) is 36.0 Å². The molecule has 100 valence electrons. The topological polar surface area (TPSA) is 88.5 Å². The number of hydrogen-bond donors (Lipinski definition) is 2. The Labute approximate surface area is 110 Å². The lowest BCUT2D eigenvalue weighted by atomic mass is 10.1. The van der Waals surface area contributed by atoms with Crippen molar-refractivity contribution in [2.75, 3.05) is 12.4 Å². The molecule has 1 aromatic rings. The van der Waals surface area contributed by atoms with Crippen molar-refractivity contribution in [3.8, 4) is 0 Å². The quantitative estimate of drug-likeness (QED) is 0.628. The monoisotopic (exact) mass is 262 g/mol. The van der Waals surface area contributed by atoms with E-state index >= 15 is 0 Å². The smallest absolute Gasteiger partial charge is 0.341 e. The summed E-state index contributed by atoms with van der Waals surface area (Å²) in [6.45, 7) is 0. The highest BCUT2D eigenvalue weighted by molar-refractivity contribution is 5.94. The molecule has 0 bridgehead atoms. The van der Waals surface area contributed by atoms with Crippen molar-refractivity contribution in [3.63, 3.8) is 0 Å². The van der Waals surface area contributed by atoms with E-state index in [0.717, 1.165) is 0 Å². The van der Waals surface area contributed by atoms with E-state index in [0.29, 0.717) is 17.8 Å². The van der Waals surface area contributed by atoms with Gasteiger partial charge in [0.15, 0.2) is 0 Å². The van der Waals surface area contributed by atoms with Crippen LogP contribution in [0, 0.1) is 5.92 Å². The van der Waals surface area contributed by atoms with E-state index in [4.69, 9.17) is 5.11 Å². The maximum Gasteiger partial charge on any atom is 0.341 e. The summed E-state index contributed by atoms with van der Waals surface area (Å²) in [5.41, 5.74) is 0.331. The second kappa shape index (κ2) is 5.51. The fourth-order valence-corrected chi connectivity index (χ4v) is 1.96. The minimum atomic E-state index is -0.852. The number of methoxy groups -OCH3 is 1. The summed E-state index contributed by atoms with van der Waals surface area (Å²) in [5, 5.41) is 12.0. The summed E-state index contributed by atoms with van der Waals surface area (Å²) in [6.07, 6.45) is 5.41. The molecule has 0 spiro atoms. The summed E-state index contributed by atoms with van der Waals surface area (Å²) in [4.78, 5) is 26.5. The molecule has 2 unspecified atom stereocenters. The zero-order valence-corrected chi connectivity index (χ0v) is 10.4. The van der Waals surface area contributed by atoms with Gasteiger partial charge in [-0.05, 0) is 18.6 Å². The Hall–Kier alpha value is -2.37.